The van der Waals surface area contributed by atoms with Crippen molar-refractivity contribution in [3.05, 3.63) is 38.3 Å². The molecule has 2 N–H and O–H groups in total. The van der Waals surface area contributed by atoms with Gasteiger partial charge in [0.25, 0.3) is 5.69 Å². The van der Waals surface area contributed by atoms with Crippen LogP contribution < -0.4 is 5.73 Å². The van der Waals surface area contributed by atoms with E-state index in [1.165, 1.54) is 6.42 Å². The van der Waals surface area contributed by atoms with Gasteiger partial charge in [-0.25, -0.2) is 0 Å². The smallest absolute Gasteiger partial charge is 0.273 e. The number of hydrogen-bond acceptors (Lipinski definition) is 3. The van der Waals surface area contributed by atoms with E-state index in [0.717, 1.165) is 22.9 Å². The molecule has 5 heteroatoms. The lowest BCUT2D eigenvalue weighted by atomic mass is 9.65. The highest BCUT2D eigenvalue weighted by molar-refractivity contribution is 9.10. The Hall–Kier alpha value is -0.940. The molecule has 17 heavy (non-hydrogen) atoms. The monoisotopic (exact) mass is 298 g/mol. The molecule has 0 radical (unpaired) electrons. The molecule has 0 saturated heterocycles. The Bertz CT molecular complexity index is 439. The second-order valence-corrected chi connectivity index (χ2v) is 5.68. The molecule has 1 fully saturated rings. The van der Waals surface area contributed by atoms with Crippen LogP contribution in [0.25, 0.3) is 0 Å². The highest BCUT2D eigenvalue weighted by atomic mass is 79.9. The van der Waals surface area contributed by atoms with Crippen LogP contribution in [0.2, 0.25) is 0 Å². The molecule has 0 amide bonds. The van der Waals surface area contributed by atoms with Gasteiger partial charge in [0.05, 0.1) is 4.92 Å². The lowest BCUT2D eigenvalue weighted by Gasteiger charge is -2.41. The predicted octanol–water partition coefficient (Wildman–Crippen LogP) is 3.03. The topological polar surface area (TPSA) is 69.2 Å². The Kier molecular flexibility index (Phi) is 3.49. The molecule has 0 spiro atoms. The number of nitro groups is 1. The van der Waals surface area contributed by atoms with Gasteiger partial charge in [-0.15, -0.1) is 0 Å². The van der Waals surface area contributed by atoms with Crippen LogP contribution in [-0.4, -0.2) is 11.5 Å². The zero-order chi connectivity index (χ0) is 12.5. The van der Waals surface area contributed by atoms with Crippen LogP contribution in [0.4, 0.5) is 5.69 Å². The maximum atomic E-state index is 11.0. The van der Waals surface area contributed by atoms with Crippen molar-refractivity contribution >= 4 is 21.6 Å². The fourth-order valence-electron chi connectivity index (χ4n) is 2.39. The van der Waals surface area contributed by atoms with E-state index in [0.29, 0.717) is 13.0 Å². The van der Waals surface area contributed by atoms with Gasteiger partial charge in [-0.3, -0.25) is 10.1 Å². The standard InChI is InChI=1S/C12H15BrN2O2/c13-10-3-2-9(11(6-10)15(16)17)7-12(8-14)4-1-5-12/h2-3,6H,1,4-5,7-8,14H2. The van der Waals surface area contributed by atoms with E-state index in [4.69, 9.17) is 5.73 Å². The number of hydrogen-bond donors (Lipinski definition) is 1. The number of rotatable bonds is 4. The molecule has 92 valence electrons. The Morgan fingerprint density at radius 1 is 1.47 bits per heavy atom. The minimum atomic E-state index is -0.316. The van der Waals surface area contributed by atoms with Gasteiger partial charge >= 0.3 is 0 Å². The van der Waals surface area contributed by atoms with Crippen LogP contribution in [0, 0.1) is 15.5 Å². The second-order valence-electron chi connectivity index (χ2n) is 4.76. The molecule has 4 nitrogen and oxygen atoms in total. The number of nitrogens with two attached hydrogens (primary N) is 1. The zero-order valence-corrected chi connectivity index (χ0v) is 11.1. The first-order valence-electron chi connectivity index (χ1n) is 5.69. The van der Waals surface area contributed by atoms with Crippen molar-refractivity contribution in [2.24, 2.45) is 11.1 Å². The summed E-state index contributed by atoms with van der Waals surface area (Å²) in [6.07, 6.45) is 4.06. The van der Waals surface area contributed by atoms with Crippen molar-refractivity contribution in [2.75, 3.05) is 6.54 Å². The highest BCUT2D eigenvalue weighted by Crippen LogP contribution is 2.44. The molecule has 1 aromatic rings. The Balaban J connectivity index is 2.29. The van der Waals surface area contributed by atoms with Crippen molar-refractivity contribution < 1.29 is 4.92 Å². The fourth-order valence-corrected chi connectivity index (χ4v) is 2.74. The van der Waals surface area contributed by atoms with Crippen LogP contribution in [0.1, 0.15) is 24.8 Å². The van der Waals surface area contributed by atoms with E-state index in [2.05, 4.69) is 15.9 Å². The van der Waals surface area contributed by atoms with Crippen LogP contribution in [-0.2, 0) is 6.42 Å². The molecule has 0 heterocycles. The van der Waals surface area contributed by atoms with Gasteiger partial charge in [0.1, 0.15) is 0 Å². The third-order valence-corrected chi connectivity index (χ3v) is 4.15. The molecular formula is C12H15BrN2O2. The maximum Gasteiger partial charge on any atom is 0.273 e. The first-order valence-corrected chi connectivity index (χ1v) is 6.48. The summed E-state index contributed by atoms with van der Waals surface area (Å²) in [6.45, 7) is 0.611. The number of nitro benzene ring substituents is 1. The molecule has 1 aliphatic carbocycles. The van der Waals surface area contributed by atoms with E-state index in [-0.39, 0.29) is 16.0 Å². The largest absolute Gasteiger partial charge is 0.330 e. The van der Waals surface area contributed by atoms with Gasteiger partial charge in [-0.05, 0) is 37.3 Å². The van der Waals surface area contributed by atoms with Gasteiger partial charge in [0.15, 0.2) is 0 Å². The van der Waals surface area contributed by atoms with Crippen LogP contribution in [0.5, 0.6) is 0 Å². The maximum absolute atomic E-state index is 11.0. The molecule has 0 bridgehead atoms. The van der Waals surface area contributed by atoms with Crippen molar-refractivity contribution in [3.8, 4) is 0 Å². The van der Waals surface area contributed by atoms with E-state index in [1.807, 2.05) is 12.1 Å². The molecule has 1 aromatic carbocycles. The van der Waals surface area contributed by atoms with Gasteiger partial charge in [0, 0.05) is 16.1 Å². The van der Waals surface area contributed by atoms with Gasteiger partial charge in [-0.2, -0.15) is 0 Å². The van der Waals surface area contributed by atoms with Gasteiger partial charge < -0.3 is 5.73 Å². The predicted molar refractivity (Wildman–Crippen MR) is 69.8 cm³/mol. The lowest BCUT2D eigenvalue weighted by molar-refractivity contribution is -0.385. The molecule has 0 unspecified atom stereocenters. The number of benzene rings is 1. The average Bonchev–Trinajstić information content (AvgIpc) is 2.25. The SMILES string of the molecule is NCC1(Cc2ccc(Br)cc2[N+](=O)[O-])CCC1. The van der Waals surface area contributed by atoms with Crippen molar-refractivity contribution in [3.63, 3.8) is 0 Å². The van der Waals surface area contributed by atoms with Crippen molar-refractivity contribution in [1.29, 1.82) is 0 Å². The first kappa shape index (κ1) is 12.5. The Labute approximate surface area is 108 Å². The summed E-state index contributed by atoms with van der Waals surface area (Å²) in [5.74, 6) is 0. The second kappa shape index (κ2) is 4.74. The minimum absolute atomic E-state index is 0.0958. The summed E-state index contributed by atoms with van der Waals surface area (Å²) >= 11 is 3.26. The molecule has 0 aliphatic heterocycles. The molecular weight excluding hydrogens is 284 g/mol. The summed E-state index contributed by atoms with van der Waals surface area (Å²) in [5, 5.41) is 11.0. The Morgan fingerprint density at radius 3 is 2.65 bits per heavy atom. The van der Waals surface area contributed by atoms with E-state index >= 15 is 0 Å². The minimum Gasteiger partial charge on any atom is -0.330 e. The summed E-state index contributed by atoms with van der Waals surface area (Å²) in [6, 6.07) is 5.25. The number of nitrogens with zero attached hydrogens (tertiary/aromatic N) is 1. The van der Waals surface area contributed by atoms with Gasteiger partial charge in [0.2, 0.25) is 0 Å². The number of halogens is 1. The fraction of sp³-hybridized carbons (Fsp3) is 0.500. The molecule has 2 rings (SSSR count). The van der Waals surface area contributed by atoms with Crippen molar-refractivity contribution in [1.82, 2.24) is 0 Å². The van der Waals surface area contributed by atoms with E-state index in [9.17, 15) is 10.1 Å². The zero-order valence-electron chi connectivity index (χ0n) is 9.49. The third-order valence-electron chi connectivity index (χ3n) is 3.66. The van der Waals surface area contributed by atoms with Gasteiger partial charge in [-0.1, -0.05) is 28.4 Å². The summed E-state index contributed by atoms with van der Waals surface area (Å²) in [7, 11) is 0. The summed E-state index contributed by atoms with van der Waals surface area (Å²) in [5.41, 5.74) is 6.88. The normalized spacial score (nSPS) is 17.5. The van der Waals surface area contributed by atoms with Crippen molar-refractivity contribution in [2.45, 2.75) is 25.7 Å². The summed E-state index contributed by atoms with van der Waals surface area (Å²) in [4.78, 5) is 10.7. The van der Waals surface area contributed by atoms with Crippen LogP contribution in [0.3, 0.4) is 0 Å². The van der Waals surface area contributed by atoms with E-state index < -0.39 is 0 Å². The average molecular weight is 299 g/mol. The van der Waals surface area contributed by atoms with Crippen LogP contribution >= 0.6 is 15.9 Å². The molecule has 1 aliphatic rings. The quantitative estimate of drug-likeness (QED) is 0.686. The molecule has 0 atom stereocenters. The molecule has 1 saturated carbocycles. The Morgan fingerprint density at radius 2 is 2.18 bits per heavy atom. The van der Waals surface area contributed by atoms with E-state index in [1.54, 1.807) is 6.07 Å². The first-order chi connectivity index (χ1) is 8.06. The van der Waals surface area contributed by atoms with Crippen LogP contribution in [0.15, 0.2) is 22.7 Å². The lowest BCUT2D eigenvalue weighted by Crippen LogP contribution is -2.39. The highest BCUT2D eigenvalue weighted by Gasteiger charge is 2.37. The third kappa shape index (κ3) is 2.50. The molecule has 0 aromatic heterocycles. The summed E-state index contributed by atoms with van der Waals surface area (Å²) < 4.78 is 0.739.